The molecule has 4 rings (SSSR count). The normalized spacial score (nSPS) is 10.6. The average Bonchev–Trinajstić information content (AvgIpc) is 2.78. The molecule has 0 amide bonds. The van der Waals surface area contributed by atoms with Crippen LogP contribution in [0.25, 0.3) is 22.2 Å². The largest absolute Gasteiger partial charge is 0.437 e. The third kappa shape index (κ3) is 4.09. The van der Waals surface area contributed by atoms with Crippen molar-refractivity contribution in [3.63, 3.8) is 0 Å². The fourth-order valence-electron chi connectivity index (χ4n) is 3.26. The lowest BCUT2D eigenvalue weighted by atomic mass is 10.0. The van der Waals surface area contributed by atoms with Gasteiger partial charge in [-0.3, -0.25) is 0 Å². The van der Waals surface area contributed by atoms with Crippen molar-refractivity contribution in [1.29, 1.82) is 5.26 Å². The van der Waals surface area contributed by atoms with Gasteiger partial charge in [0.1, 0.15) is 11.4 Å². The third-order valence-corrected chi connectivity index (χ3v) is 4.80. The molecule has 0 atom stereocenters. The molecular formula is C25H21N3O. The molecule has 3 aromatic carbocycles. The van der Waals surface area contributed by atoms with Crippen molar-refractivity contribution in [1.82, 2.24) is 9.97 Å². The molecule has 0 N–H and O–H groups in total. The minimum atomic E-state index is 0.558. The maximum Gasteiger partial charge on any atom is 0.241 e. The van der Waals surface area contributed by atoms with Crippen LogP contribution in [0.15, 0.2) is 72.8 Å². The Bertz CT molecular complexity index is 1180. The molecule has 0 radical (unpaired) electrons. The van der Waals surface area contributed by atoms with E-state index in [1.165, 1.54) is 0 Å². The topological polar surface area (TPSA) is 58.8 Å². The molecule has 0 unspecified atom stereocenters. The molecule has 0 fully saturated rings. The van der Waals surface area contributed by atoms with Crippen LogP contribution in [0.1, 0.15) is 31.0 Å². The van der Waals surface area contributed by atoms with E-state index in [9.17, 15) is 5.26 Å². The van der Waals surface area contributed by atoms with Crippen LogP contribution in [0.4, 0.5) is 0 Å². The minimum absolute atomic E-state index is 0.558. The van der Waals surface area contributed by atoms with E-state index in [-0.39, 0.29) is 0 Å². The molecule has 4 heteroatoms. The first kappa shape index (κ1) is 18.6. The second-order valence-electron chi connectivity index (χ2n) is 6.85. The van der Waals surface area contributed by atoms with Gasteiger partial charge in [-0.05, 0) is 54.3 Å². The fraction of sp³-hybridized carbons (Fsp3) is 0.160. The van der Waals surface area contributed by atoms with Crippen molar-refractivity contribution >= 4 is 11.0 Å². The number of hydrogen-bond donors (Lipinski definition) is 0. The molecule has 0 aliphatic heterocycles. The summed E-state index contributed by atoms with van der Waals surface area (Å²) in [7, 11) is 0. The van der Waals surface area contributed by atoms with Gasteiger partial charge in [0.15, 0.2) is 0 Å². The second kappa shape index (κ2) is 8.53. The molecule has 0 aliphatic rings. The summed E-state index contributed by atoms with van der Waals surface area (Å²) in [6.45, 7) is 2.16. The first-order valence-corrected chi connectivity index (χ1v) is 9.81. The number of hydrogen-bond acceptors (Lipinski definition) is 4. The Labute approximate surface area is 170 Å². The Morgan fingerprint density at radius 2 is 1.55 bits per heavy atom. The van der Waals surface area contributed by atoms with Crippen LogP contribution in [0.2, 0.25) is 0 Å². The van der Waals surface area contributed by atoms with Gasteiger partial charge in [0.25, 0.3) is 0 Å². The van der Waals surface area contributed by atoms with Crippen LogP contribution in [0.5, 0.6) is 11.6 Å². The third-order valence-electron chi connectivity index (χ3n) is 4.80. The van der Waals surface area contributed by atoms with Crippen LogP contribution in [-0.2, 0) is 6.42 Å². The Kier molecular flexibility index (Phi) is 5.49. The molecule has 1 heterocycles. The molecule has 142 valence electrons. The highest BCUT2D eigenvalue weighted by Gasteiger charge is 2.12. The minimum Gasteiger partial charge on any atom is -0.437 e. The molecule has 1 aromatic heterocycles. The summed E-state index contributed by atoms with van der Waals surface area (Å²) in [5.41, 5.74) is 5.13. The van der Waals surface area contributed by atoms with Crippen LogP contribution in [-0.4, -0.2) is 9.97 Å². The van der Waals surface area contributed by atoms with E-state index in [0.29, 0.717) is 17.2 Å². The van der Waals surface area contributed by atoms with Gasteiger partial charge in [-0.15, -0.1) is 0 Å². The maximum absolute atomic E-state index is 9.33. The highest BCUT2D eigenvalue weighted by molar-refractivity contribution is 5.75. The Morgan fingerprint density at radius 3 is 2.28 bits per heavy atom. The number of unbranched alkanes of at least 4 members (excludes halogenated alkanes) is 1. The number of fused-ring (bicyclic) bond motifs is 1. The number of ether oxygens (including phenoxy) is 1. The zero-order valence-corrected chi connectivity index (χ0v) is 16.3. The highest BCUT2D eigenvalue weighted by Crippen LogP contribution is 2.29. The van der Waals surface area contributed by atoms with Gasteiger partial charge < -0.3 is 4.74 Å². The predicted molar refractivity (Wildman–Crippen MR) is 115 cm³/mol. The first-order chi connectivity index (χ1) is 14.3. The maximum atomic E-state index is 9.33. The number of aryl methyl sites for hydroxylation is 1. The van der Waals surface area contributed by atoms with Gasteiger partial charge in [-0.2, -0.15) is 5.26 Å². The molecule has 4 aromatic rings. The lowest BCUT2D eigenvalue weighted by molar-refractivity contribution is 0.453. The molecule has 4 nitrogen and oxygen atoms in total. The molecular weight excluding hydrogens is 358 g/mol. The van der Waals surface area contributed by atoms with Crippen molar-refractivity contribution < 1.29 is 4.74 Å². The number of aromatic nitrogens is 2. The van der Waals surface area contributed by atoms with Crippen molar-refractivity contribution in [2.75, 3.05) is 0 Å². The Morgan fingerprint density at radius 1 is 0.862 bits per heavy atom. The summed E-state index contributed by atoms with van der Waals surface area (Å²) in [5, 5.41) is 9.33. The van der Waals surface area contributed by atoms with E-state index in [0.717, 1.165) is 47.1 Å². The van der Waals surface area contributed by atoms with Crippen molar-refractivity contribution in [3.05, 3.63) is 84.1 Å². The number of benzene rings is 3. The quantitative estimate of drug-likeness (QED) is 0.394. The van der Waals surface area contributed by atoms with Crippen LogP contribution >= 0.6 is 0 Å². The van der Waals surface area contributed by atoms with E-state index in [4.69, 9.17) is 14.7 Å². The smallest absolute Gasteiger partial charge is 0.241 e. The van der Waals surface area contributed by atoms with Gasteiger partial charge in [-0.25, -0.2) is 9.97 Å². The van der Waals surface area contributed by atoms with Crippen LogP contribution in [0.3, 0.4) is 0 Å². The number of para-hydroxylation sites is 2. The van der Waals surface area contributed by atoms with Crippen LogP contribution in [0, 0.1) is 11.3 Å². The number of rotatable bonds is 6. The zero-order chi connectivity index (χ0) is 20.1. The molecule has 0 spiro atoms. The van der Waals surface area contributed by atoms with E-state index < -0.39 is 0 Å². The second-order valence-corrected chi connectivity index (χ2v) is 6.85. The number of nitriles is 1. The molecule has 0 saturated heterocycles. The van der Waals surface area contributed by atoms with Crippen LogP contribution < -0.4 is 4.74 Å². The standard InChI is InChI=1S/C25H21N3O/c1-2-3-10-24-25(28-23-12-7-6-11-22(23)27-24)29-20-15-13-18(14-16-20)21-9-5-4-8-19(21)17-26/h4-9,11-16H,2-3,10H2,1H3. The fourth-order valence-corrected chi connectivity index (χ4v) is 3.26. The predicted octanol–water partition coefficient (Wildman–Crippen LogP) is 6.30. The highest BCUT2D eigenvalue weighted by atomic mass is 16.5. The summed E-state index contributed by atoms with van der Waals surface area (Å²) >= 11 is 0. The van der Waals surface area contributed by atoms with E-state index in [1.54, 1.807) is 0 Å². The average molecular weight is 379 g/mol. The summed E-state index contributed by atoms with van der Waals surface area (Å²) < 4.78 is 6.12. The van der Waals surface area contributed by atoms with Gasteiger partial charge in [0, 0.05) is 0 Å². The summed E-state index contributed by atoms with van der Waals surface area (Å²) in [5.74, 6) is 1.26. The van der Waals surface area contributed by atoms with E-state index in [1.807, 2.05) is 72.8 Å². The van der Waals surface area contributed by atoms with Gasteiger partial charge >= 0.3 is 0 Å². The molecule has 0 saturated carbocycles. The lowest BCUT2D eigenvalue weighted by Gasteiger charge is -2.11. The molecule has 0 bridgehead atoms. The lowest BCUT2D eigenvalue weighted by Crippen LogP contribution is -2.00. The monoisotopic (exact) mass is 379 g/mol. The Hall–Kier alpha value is -3.71. The molecule has 29 heavy (non-hydrogen) atoms. The van der Waals surface area contributed by atoms with Gasteiger partial charge in [0.2, 0.25) is 5.88 Å². The zero-order valence-electron chi connectivity index (χ0n) is 16.3. The van der Waals surface area contributed by atoms with E-state index in [2.05, 4.69) is 13.0 Å². The van der Waals surface area contributed by atoms with Gasteiger partial charge in [-0.1, -0.05) is 55.8 Å². The molecule has 0 aliphatic carbocycles. The SMILES string of the molecule is CCCCc1nc2ccccc2nc1Oc1ccc(-c2ccccc2C#N)cc1. The van der Waals surface area contributed by atoms with Crippen molar-refractivity contribution in [3.8, 4) is 28.8 Å². The van der Waals surface area contributed by atoms with Crippen molar-refractivity contribution in [2.24, 2.45) is 0 Å². The summed E-state index contributed by atoms with van der Waals surface area (Å²) in [6.07, 6.45) is 2.95. The Balaban J connectivity index is 1.65. The van der Waals surface area contributed by atoms with E-state index >= 15 is 0 Å². The van der Waals surface area contributed by atoms with Gasteiger partial charge in [0.05, 0.1) is 22.7 Å². The van der Waals surface area contributed by atoms with Crippen molar-refractivity contribution in [2.45, 2.75) is 26.2 Å². The first-order valence-electron chi connectivity index (χ1n) is 9.81. The summed E-state index contributed by atoms with van der Waals surface area (Å²) in [6, 6.07) is 25.4. The summed E-state index contributed by atoms with van der Waals surface area (Å²) in [4.78, 5) is 9.48. The number of nitrogens with zero attached hydrogens (tertiary/aromatic N) is 3.